The third-order valence-corrected chi connectivity index (χ3v) is 12.0. The maximum Gasteiger partial charge on any atom is 1.00 e. The van der Waals surface area contributed by atoms with Gasteiger partial charge in [0.1, 0.15) is 0 Å². The summed E-state index contributed by atoms with van der Waals surface area (Å²) in [5.74, 6) is 0. The van der Waals surface area contributed by atoms with E-state index in [4.69, 9.17) is 9.05 Å². The number of rotatable bonds is 8. The SMILES string of the molecule is CCOP(=O)(OCC)[C-](Sc1ccccc1)[Si](C)(C)C.[Li+]. The third-order valence-electron chi connectivity index (χ3n) is 2.45. The largest absolute Gasteiger partial charge is 1.00 e. The van der Waals surface area contributed by atoms with Gasteiger partial charge in [0.05, 0.1) is 13.2 Å². The quantitative estimate of drug-likeness (QED) is 0.316. The molecule has 0 N–H and O–H groups in total. The normalized spacial score (nSPS) is 12.3. The van der Waals surface area contributed by atoms with Crippen LogP contribution in [-0.4, -0.2) is 21.3 Å². The molecule has 0 unspecified atom stereocenters. The van der Waals surface area contributed by atoms with Crippen molar-refractivity contribution in [2.75, 3.05) is 13.2 Å². The van der Waals surface area contributed by atoms with Gasteiger partial charge in [-0.15, -0.1) is 4.61 Å². The second kappa shape index (κ2) is 9.62. The van der Waals surface area contributed by atoms with E-state index in [1.54, 1.807) is 11.8 Å². The van der Waals surface area contributed by atoms with Gasteiger partial charge >= 0.3 is 18.9 Å². The van der Waals surface area contributed by atoms with Crippen LogP contribution in [0.15, 0.2) is 35.2 Å². The average Bonchev–Trinajstić information content (AvgIpc) is 2.36. The fraction of sp³-hybridized carbons (Fsp3) is 0.500. The molecule has 0 bridgehead atoms. The summed E-state index contributed by atoms with van der Waals surface area (Å²) in [7, 11) is -4.99. The van der Waals surface area contributed by atoms with E-state index in [9.17, 15) is 4.57 Å². The Balaban J connectivity index is 0.00000400. The smallest absolute Gasteiger partial charge is 0.331 e. The predicted molar refractivity (Wildman–Crippen MR) is 89.7 cm³/mol. The molecule has 1 rings (SSSR count). The fourth-order valence-electron chi connectivity index (χ4n) is 1.71. The van der Waals surface area contributed by atoms with Crippen molar-refractivity contribution in [1.82, 2.24) is 0 Å². The van der Waals surface area contributed by atoms with Gasteiger partial charge in [-0.3, -0.25) is 4.57 Å². The molecular weight excluding hydrogens is 314 g/mol. The summed E-state index contributed by atoms with van der Waals surface area (Å²) in [6, 6.07) is 9.98. The molecule has 0 aliphatic carbocycles. The predicted octanol–water partition coefficient (Wildman–Crippen LogP) is 2.42. The van der Waals surface area contributed by atoms with E-state index < -0.39 is 15.7 Å². The van der Waals surface area contributed by atoms with Crippen molar-refractivity contribution >= 4 is 27.4 Å². The zero-order valence-corrected chi connectivity index (χ0v) is 16.6. The van der Waals surface area contributed by atoms with Gasteiger partial charge in [0.25, 0.3) is 0 Å². The summed E-state index contributed by atoms with van der Waals surface area (Å²) in [5.41, 5.74) is 0. The maximum atomic E-state index is 13.1. The Bertz CT molecular complexity index is 443. The number of thioether (sulfide) groups is 1. The average molecular weight is 338 g/mol. The van der Waals surface area contributed by atoms with Crippen molar-refractivity contribution in [2.24, 2.45) is 0 Å². The topological polar surface area (TPSA) is 35.5 Å². The molecule has 7 heteroatoms. The number of hydrogen-bond acceptors (Lipinski definition) is 4. The molecular formula is C14H24LiO3PSSi. The Kier molecular flexibility index (Phi) is 9.87. The molecule has 0 amide bonds. The van der Waals surface area contributed by atoms with Crippen LogP contribution in [0.2, 0.25) is 19.6 Å². The van der Waals surface area contributed by atoms with Gasteiger partial charge in [0.15, 0.2) is 7.60 Å². The van der Waals surface area contributed by atoms with E-state index in [1.165, 1.54) is 0 Å². The zero-order chi connectivity index (χ0) is 15.2. The van der Waals surface area contributed by atoms with Gasteiger partial charge in [-0.1, -0.05) is 58.0 Å². The van der Waals surface area contributed by atoms with Crippen molar-refractivity contribution in [3.05, 3.63) is 34.9 Å². The first-order valence-corrected chi connectivity index (χ1v) is 12.7. The van der Waals surface area contributed by atoms with Crippen molar-refractivity contribution in [2.45, 2.75) is 38.4 Å². The molecule has 0 saturated heterocycles. The molecule has 21 heavy (non-hydrogen) atoms. The summed E-state index contributed by atoms with van der Waals surface area (Å²) in [6.45, 7) is 11.0. The van der Waals surface area contributed by atoms with E-state index in [0.717, 1.165) is 9.51 Å². The Morgan fingerprint density at radius 3 is 1.95 bits per heavy atom. The summed E-state index contributed by atoms with van der Waals surface area (Å²) < 4.78 is 25.1. The zero-order valence-electron chi connectivity index (χ0n) is 13.9. The summed E-state index contributed by atoms with van der Waals surface area (Å²) in [6.07, 6.45) is 0. The van der Waals surface area contributed by atoms with E-state index in [0.29, 0.717) is 13.2 Å². The Morgan fingerprint density at radius 2 is 1.57 bits per heavy atom. The van der Waals surface area contributed by atoms with Crippen LogP contribution in [0.3, 0.4) is 0 Å². The van der Waals surface area contributed by atoms with Crippen LogP contribution >= 0.6 is 19.4 Å². The van der Waals surface area contributed by atoms with Gasteiger partial charge in [-0.2, -0.15) is 0 Å². The minimum atomic E-state index is -3.18. The van der Waals surface area contributed by atoms with Crippen molar-refractivity contribution in [3.63, 3.8) is 0 Å². The van der Waals surface area contributed by atoms with Gasteiger partial charge < -0.3 is 20.8 Å². The van der Waals surface area contributed by atoms with Crippen molar-refractivity contribution in [1.29, 1.82) is 0 Å². The molecule has 0 heterocycles. The van der Waals surface area contributed by atoms with Crippen molar-refractivity contribution in [3.8, 4) is 0 Å². The molecule has 1 aromatic rings. The van der Waals surface area contributed by atoms with Crippen LogP contribution in [0, 0.1) is 4.61 Å². The van der Waals surface area contributed by atoms with Crippen LogP contribution in [0.5, 0.6) is 0 Å². The first kappa shape index (κ1) is 21.5. The summed E-state index contributed by atoms with van der Waals surface area (Å²) in [4.78, 5) is 1.07. The van der Waals surface area contributed by atoms with Crippen LogP contribution < -0.4 is 18.9 Å². The van der Waals surface area contributed by atoms with Crippen LogP contribution in [0.25, 0.3) is 0 Å². The van der Waals surface area contributed by atoms with Crippen LogP contribution in [0.1, 0.15) is 13.8 Å². The second-order valence-corrected chi connectivity index (χ2v) is 14.4. The molecule has 0 aromatic heterocycles. The van der Waals surface area contributed by atoms with E-state index >= 15 is 0 Å². The third kappa shape index (κ3) is 6.66. The molecule has 0 radical (unpaired) electrons. The maximum absolute atomic E-state index is 13.1. The van der Waals surface area contributed by atoms with E-state index in [2.05, 4.69) is 19.6 Å². The van der Waals surface area contributed by atoms with Crippen molar-refractivity contribution < 1.29 is 32.5 Å². The number of hydrogen-bond donors (Lipinski definition) is 0. The monoisotopic (exact) mass is 338 g/mol. The van der Waals surface area contributed by atoms with E-state index in [1.807, 2.05) is 44.2 Å². The minimum Gasteiger partial charge on any atom is -0.331 e. The molecule has 0 aliphatic heterocycles. The summed E-state index contributed by atoms with van der Waals surface area (Å²) in [5, 5.41) is 0. The first-order chi connectivity index (χ1) is 9.33. The molecule has 0 aliphatic rings. The Labute approximate surface area is 146 Å². The Morgan fingerprint density at radius 1 is 1.10 bits per heavy atom. The van der Waals surface area contributed by atoms with Gasteiger partial charge in [0.2, 0.25) is 0 Å². The first-order valence-electron chi connectivity index (χ1n) is 6.83. The molecule has 0 fully saturated rings. The van der Waals surface area contributed by atoms with Gasteiger partial charge in [-0.05, 0) is 18.7 Å². The van der Waals surface area contributed by atoms with E-state index in [-0.39, 0.29) is 18.9 Å². The minimum absolute atomic E-state index is 0. The fourth-order valence-corrected chi connectivity index (χ4v) is 9.55. The summed E-state index contributed by atoms with van der Waals surface area (Å²) >= 11 is 1.55. The van der Waals surface area contributed by atoms with Crippen LogP contribution in [0.4, 0.5) is 0 Å². The molecule has 1 aromatic carbocycles. The van der Waals surface area contributed by atoms with Crippen LogP contribution in [-0.2, 0) is 13.6 Å². The molecule has 114 valence electrons. The Hall–Kier alpha value is 0.534. The van der Waals surface area contributed by atoms with Gasteiger partial charge in [0, 0.05) is 0 Å². The molecule has 3 nitrogen and oxygen atoms in total. The number of benzene rings is 1. The standard InChI is InChI=1S/C14H24O3PSSi.Li/c1-6-16-18(15,17-7-2)14(20(3,4)5)19-13-11-9-8-10-12-13;/h8-12H,6-7H2,1-5H3;/q-1;+1. The van der Waals surface area contributed by atoms with Gasteiger partial charge in [-0.25, -0.2) is 0 Å². The second-order valence-electron chi connectivity index (χ2n) is 5.30. The molecule has 0 saturated carbocycles. The molecule has 0 spiro atoms. The molecule has 0 atom stereocenters.